The number of aromatic nitrogens is 1. The second kappa shape index (κ2) is 11.5. The molecular weight excluding hydrogens is 512 g/mol. The Kier molecular flexibility index (Phi) is 7.67. The van der Waals surface area contributed by atoms with Crippen LogP contribution >= 0.6 is 0 Å². The number of Topliss-reactive ketones (excluding diaryl/α,β-unsaturated/α-hetero) is 1. The summed E-state index contributed by atoms with van der Waals surface area (Å²) in [5, 5.41) is 2.89. The number of hydrogen-bond acceptors (Lipinski definition) is 7. The van der Waals surface area contributed by atoms with Gasteiger partial charge in [-0.25, -0.2) is 4.98 Å². The van der Waals surface area contributed by atoms with Gasteiger partial charge in [0.15, 0.2) is 0 Å². The molecule has 0 bridgehead atoms. The first-order valence-electron chi connectivity index (χ1n) is 14.8. The summed E-state index contributed by atoms with van der Waals surface area (Å²) >= 11 is 0. The van der Waals surface area contributed by atoms with Gasteiger partial charge in [-0.2, -0.15) is 0 Å². The summed E-state index contributed by atoms with van der Waals surface area (Å²) < 4.78 is 0. The Bertz CT molecular complexity index is 1360. The Morgan fingerprint density at radius 1 is 0.902 bits per heavy atom. The Morgan fingerprint density at radius 3 is 2.32 bits per heavy atom. The molecule has 2 aromatic rings. The topological polar surface area (TPSA) is 72.0 Å². The molecule has 2 atom stereocenters. The number of allylic oxidation sites excluding steroid dienone is 3. The highest BCUT2D eigenvalue weighted by Gasteiger charge is 2.44. The van der Waals surface area contributed by atoms with E-state index in [0.717, 1.165) is 75.0 Å². The standard InChI is InChI=1S/C33H40N6O2/c1-23-20-24(2)34-30(21-23)38-18-16-37(17-19-38)27-9-7-26(8-10-27)35-33(41)32(40)31-29(25-11-14-36(3)15-12-25)22-28-6-4-5-13-39(28)31/h4-10,13,20-22,25,29,31H,11-12,14-19H2,1-3H3,(H,35,41). The van der Waals surface area contributed by atoms with Crippen LogP contribution < -0.4 is 15.1 Å². The van der Waals surface area contributed by atoms with E-state index in [1.165, 1.54) is 5.56 Å². The molecule has 1 aromatic heterocycles. The lowest BCUT2D eigenvalue weighted by molar-refractivity contribution is -0.138. The van der Waals surface area contributed by atoms with Crippen molar-refractivity contribution in [2.24, 2.45) is 11.8 Å². The average molecular weight is 553 g/mol. The van der Waals surface area contributed by atoms with E-state index in [1.54, 1.807) is 0 Å². The summed E-state index contributed by atoms with van der Waals surface area (Å²) in [5.41, 5.74) is 5.04. The maximum Gasteiger partial charge on any atom is 0.294 e. The first kappa shape index (κ1) is 27.3. The summed E-state index contributed by atoms with van der Waals surface area (Å²) in [5.74, 6) is 0.541. The average Bonchev–Trinajstić information content (AvgIpc) is 3.37. The minimum absolute atomic E-state index is 0.0318. The number of benzene rings is 1. The number of nitrogens with zero attached hydrogens (tertiary/aromatic N) is 5. The third-order valence-corrected chi connectivity index (χ3v) is 8.93. The van der Waals surface area contributed by atoms with E-state index in [1.807, 2.05) is 60.5 Å². The number of fused-ring (bicyclic) bond motifs is 1. The summed E-state index contributed by atoms with van der Waals surface area (Å²) in [6, 6.07) is 11.6. The Hall–Kier alpha value is -3.91. The van der Waals surface area contributed by atoms with Crippen LogP contribution in [-0.2, 0) is 9.59 Å². The van der Waals surface area contributed by atoms with E-state index in [0.29, 0.717) is 11.6 Å². The van der Waals surface area contributed by atoms with Crippen LogP contribution in [0.15, 0.2) is 72.6 Å². The van der Waals surface area contributed by atoms with Crippen molar-refractivity contribution in [1.82, 2.24) is 14.8 Å². The number of carbonyl (C=O) groups excluding carboxylic acids is 2. The number of carbonyl (C=O) groups is 2. The van der Waals surface area contributed by atoms with Gasteiger partial charge in [0.05, 0.1) is 0 Å². The second-order valence-corrected chi connectivity index (χ2v) is 11.8. The van der Waals surface area contributed by atoms with Crippen LogP contribution in [0.1, 0.15) is 24.1 Å². The third-order valence-electron chi connectivity index (χ3n) is 8.93. The fourth-order valence-corrected chi connectivity index (χ4v) is 6.70. The van der Waals surface area contributed by atoms with Crippen LogP contribution in [0, 0.1) is 25.7 Å². The van der Waals surface area contributed by atoms with E-state index >= 15 is 0 Å². The number of hydrogen-bond donors (Lipinski definition) is 1. The molecule has 4 aliphatic rings. The van der Waals surface area contributed by atoms with Gasteiger partial charge in [-0.05, 0) is 107 Å². The molecule has 8 heteroatoms. The van der Waals surface area contributed by atoms with E-state index in [-0.39, 0.29) is 11.7 Å². The molecule has 2 saturated heterocycles. The summed E-state index contributed by atoms with van der Waals surface area (Å²) in [6.07, 6.45) is 12.2. The van der Waals surface area contributed by atoms with Gasteiger partial charge in [0, 0.05) is 61.1 Å². The molecular formula is C33H40N6O2. The van der Waals surface area contributed by atoms with Crippen LogP contribution in [0.3, 0.4) is 0 Å². The number of piperidine rings is 1. The van der Waals surface area contributed by atoms with Gasteiger partial charge in [-0.15, -0.1) is 0 Å². The molecule has 6 rings (SSSR count). The van der Waals surface area contributed by atoms with Crippen molar-refractivity contribution in [3.63, 3.8) is 0 Å². The van der Waals surface area contributed by atoms with Crippen LogP contribution in [-0.4, -0.2) is 78.8 Å². The Labute approximate surface area is 243 Å². The molecule has 2 unspecified atom stereocenters. The number of piperazine rings is 1. The molecule has 0 aliphatic carbocycles. The molecule has 1 amide bonds. The zero-order chi connectivity index (χ0) is 28.5. The predicted molar refractivity (Wildman–Crippen MR) is 164 cm³/mol. The number of anilines is 3. The lowest BCUT2D eigenvalue weighted by Gasteiger charge is -2.37. The van der Waals surface area contributed by atoms with Crippen LogP contribution in [0.4, 0.5) is 17.2 Å². The van der Waals surface area contributed by atoms with E-state index in [2.05, 4.69) is 52.2 Å². The van der Waals surface area contributed by atoms with Crippen LogP contribution in [0.5, 0.6) is 0 Å². The molecule has 214 valence electrons. The molecule has 41 heavy (non-hydrogen) atoms. The van der Waals surface area contributed by atoms with Gasteiger partial charge in [0.25, 0.3) is 5.91 Å². The van der Waals surface area contributed by atoms with E-state index < -0.39 is 11.9 Å². The van der Waals surface area contributed by atoms with Crippen molar-refractivity contribution in [2.45, 2.75) is 32.7 Å². The first-order valence-corrected chi connectivity index (χ1v) is 14.8. The highest BCUT2D eigenvalue weighted by molar-refractivity contribution is 6.42. The minimum Gasteiger partial charge on any atom is -0.368 e. The van der Waals surface area contributed by atoms with Crippen molar-refractivity contribution < 1.29 is 9.59 Å². The summed E-state index contributed by atoms with van der Waals surface area (Å²) in [7, 11) is 2.14. The molecule has 1 aromatic carbocycles. The lowest BCUT2D eigenvalue weighted by Crippen LogP contribution is -2.47. The largest absolute Gasteiger partial charge is 0.368 e. The Morgan fingerprint density at radius 2 is 1.61 bits per heavy atom. The van der Waals surface area contributed by atoms with Crippen molar-refractivity contribution in [2.75, 3.05) is 61.4 Å². The maximum atomic E-state index is 13.7. The molecule has 1 N–H and O–H groups in total. The van der Waals surface area contributed by atoms with Gasteiger partial charge in [-0.3, -0.25) is 9.59 Å². The normalized spacial score (nSPS) is 23.0. The number of ketones is 1. The van der Waals surface area contributed by atoms with Crippen LogP contribution in [0.25, 0.3) is 0 Å². The van der Waals surface area contributed by atoms with Crippen LogP contribution in [0.2, 0.25) is 0 Å². The molecule has 5 heterocycles. The Balaban J connectivity index is 1.08. The second-order valence-electron chi connectivity index (χ2n) is 11.8. The molecule has 0 radical (unpaired) electrons. The molecule has 2 fully saturated rings. The summed E-state index contributed by atoms with van der Waals surface area (Å²) in [6.45, 7) is 9.79. The number of amides is 1. The number of likely N-dealkylation sites (tertiary alicyclic amines) is 1. The number of aryl methyl sites for hydroxylation is 2. The molecule has 4 aliphatic heterocycles. The summed E-state index contributed by atoms with van der Waals surface area (Å²) in [4.78, 5) is 40.7. The first-order chi connectivity index (χ1) is 19.9. The minimum atomic E-state index is -0.548. The van der Waals surface area contributed by atoms with Gasteiger partial charge < -0.3 is 24.9 Å². The molecule has 8 nitrogen and oxygen atoms in total. The zero-order valence-electron chi connectivity index (χ0n) is 24.3. The van der Waals surface area contributed by atoms with E-state index in [4.69, 9.17) is 4.98 Å². The fourth-order valence-electron chi connectivity index (χ4n) is 6.70. The van der Waals surface area contributed by atoms with Crippen molar-refractivity contribution in [3.8, 4) is 0 Å². The molecule has 0 saturated carbocycles. The van der Waals surface area contributed by atoms with Gasteiger partial charge >= 0.3 is 0 Å². The van der Waals surface area contributed by atoms with Gasteiger partial charge in [0.1, 0.15) is 11.9 Å². The highest BCUT2D eigenvalue weighted by atomic mass is 16.2. The fraction of sp³-hybridized carbons (Fsp3) is 0.424. The number of pyridine rings is 1. The van der Waals surface area contributed by atoms with Gasteiger partial charge in [0.2, 0.25) is 5.78 Å². The number of nitrogens with one attached hydrogen (secondary N) is 1. The number of rotatable bonds is 6. The van der Waals surface area contributed by atoms with Crippen molar-refractivity contribution in [3.05, 3.63) is 83.9 Å². The monoisotopic (exact) mass is 552 g/mol. The highest BCUT2D eigenvalue weighted by Crippen LogP contribution is 2.39. The lowest BCUT2D eigenvalue weighted by atomic mass is 9.79. The smallest absolute Gasteiger partial charge is 0.294 e. The van der Waals surface area contributed by atoms with Gasteiger partial charge in [-0.1, -0.05) is 12.2 Å². The van der Waals surface area contributed by atoms with Crippen molar-refractivity contribution in [1.29, 1.82) is 0 Å². The quantitative estimate of drug-likeness (QED) is 0.540. The predicted octanol–water partition coefficient (Wildman–Crippen LogP) is 4.14. The SMILES string of the molecule is Cc1cc(C)nc(N2CCN(c3ccc(NC(=O)C(=O)C4C(C5CCN(C)CC5)C=C5C=CC=CN54)cc3)CC2)c1. The third kappa shape index (κ3) is 5.79. The zero-order valence-corrected chi connectivity index (χ0v) is 24.3. The van der Waals surface area contributed by atoms with Crippen molar-refractivity contribution >= 4 is 28.9 Å². The molecule has 0 spiro atoms. The maximum absolute atomic E-state index is 13.7. The van der Waals surface area contributed by atoms with E-state index in [9.17, 15) is 9.59 Å².